The number of aryl methyl sites for hydroxylation is 3. The van der Waals surface area contributed by atoms with Gasteiger partial charge in [-0.3, -0.25) is 33.6 Å². The normalized spacial score (nSPS) is 13.3. The van der Waals surface area contributed by atoms with Gasteiger partial charge in [0.2, 0.25) is 0 Å². The van der Waals surface area contributed by atoms with Gasteiger partial charge < -0.3 is 43.4 Å². The number of ketones is 3. The van der Waals surface area contributed by atoms with E-state index in [1.54, 1.807) is 103 Å². The monoisotopic (exact) mass is 1170 g/mol. The minimum absolute atomic E-state index is 0.128. The number of nitrogen functional groups attached to an aromatic ring is 3. The fourth-order valence-corrected chi connectivity index (χ4v) is 9.44. The molecule has 9 aromatic rings. The number of carbonyl (C=O) groups excluding carboxylic acids is 7. The number of aliphatic hydroxyl groups excluding tert-OH is 2. The summed E-state index contributed by atoms with van der Waals surface area (Å²) in [5.74, 6) is -0.685. The van der Waals surface area contributed by atoms with Crippen molar-refractivity contribution in [1.82, 2.24) is 45.3 Å². The molecule has 0 aliphatic heterocycles. The molecule has 442 valence electrons. The topological polar surface area (TPSA) is 328 Å². The van der Waals surface area contributed by atoms with E-state index in [0.717, 1.165) is 55.2 Å². The highest BCUT2D eigenvalue weighted by atomic mass is 16.3. The second-order valence-electron chi connectivity index (χ2n) is 21.8. The molecule has 3 amide bonds. The van der Waals surface area contributed by atoms with E-state index in [9.17, 15) is 43.8 Å². The third-order valence-electron chi connectivity index (χ3n) is 15.0. The number of hydrogen-bond acceptors (Lipinski definition) is 15. The Hall–Kier alpha value is -10.6. The molecule has 87 heavy (non-hydrogen) atoms. The van der Waals surface area contributed by atoms with Gasteiger partial charge in [0.25, 0.3) is 17.7 Å². The fraction of sp³-hybridized carbons (Fsp3) is 0.212. The van der Waals surface area contributed by atoms with Crippen molar-refractivity contribution >= 4 is 58.8 Å². The molecule has 3 fully saturated rings. The molecule has 3 heterocycles. The van der Waals surface area contributed by atoms with Crippen molar-refractivity contribution in [2.24, 2.45) is 0 Å². The van der Waals surface area contributed by atoms with Gasteiger partial charge in [-0.25, -0.2) is 14.0 Å². The summed E-state index contributed by atoms with van der Waals surface area (Å²) in [5.41, 5.74) is 28.6. The van der Waals surface area contributed by atoms with Crippen LogP contribution >= 0.6 is 0 Å². The first-order chi connectivity index (χ1) is 41.9. The van der Waals surface area contributed by atoms with Crippen LogP contribution in [0.4, 0.5) is 17.5 Å². The molecule has 0 radical (unpaired) electrons. The number of amides is 3. The van der Waals surface area contributed by atoms with Crippen LogP contribution < -0.4 is 33.2 Å². The van der Waals surface area contributed by atoms with Gasteiger partial charge in [-0.05, 0) is 142 Å². The van der Waals surface area contributed by atoms with Crippen molar-refractivity contribution in [2.45, 2.75) is 90.6 Å². The zero-order valence-electron chi connectivity index (χ0n) is 48.0. The van der Waals surface area contributed by atoms with Crippen LogP contribution in [-0.4, -0.2) is 99.0 Å². The van der Waals surface area contributed by atoms with Gasteiger partial charge in [0, 0.05) is 57.1 Å². The van der Waals surface area contributed by atoms with Gasteiger partial charge in [-0.1, -0.05) is 72.8 Å². The molecule has 12 rings (SSSR count). The summed E-state index contributed by atoms with van der Waals surface area (Å²) in [6.07, 6.45) is 11.0. The van der Waals surface area contributed by atoms with Crippen LogP contribution in [0.3, 0.4) is 0 Å². The zero-order chi connectivity index (χ0) is 61.6. The molecule has 0 saturated heterocycles. The van der Waals surface area contributed by atoms with E-state index in [4.69, 9.17) is 17.2 Å². The Balaban J connectivity index is 0.000000144. The van der Waals surface area contributed by atoms with Gasteiger partial charge in [0.05, 0.1) is 65.6 Å². The molecule has 0 bridgehead atoms. The number of aliphatic hydroxyl groups is 2. The number of aldehydes is 1. The first-order valence-corrected chi connectivity index (χ1v) is 28.3. The summed E-state index contributed by atoms with van der Waals surface area (Å²) < 4.78 is 4.42. The molecular weight excluding hydrogens is 1100 g/mol. The fourth-order valence-electron chi connectivity index (χ4n) is 9.44. The Morgan fingerprint density at radius 3 is 1.06 bits per heavy atom. The Morgan fingerprint density at radius 1 is 0.448 bits per heavy atom. The van der Waals surface area contributed by atoms with Gasteiger partial charge in [-0.15, -0.1) is 0 Å². The van der Waals surface area contributed by atoms with E-state index in [-0.39, 0.29) is 101 Å². The van der Waals surface area contributed by atoms with Crippen molar-refractivity contribution in [3.05, 3.63) is 229 Å². The smallest absolute Gasteiger partial charge is 0.251 e. The zero-order valence-corrected chi connectivity index (χ0v) is 48.0. The number of nitrogens with one attached hydrogen (secondary N) is 3. The van der Waals surface area contributed by atoms with Crippen LogP contribution in [-0.2, 0) is 13.2 Å². The average molecular weight is 1170 g/mol. The van der Waals surface area contributed by atoms with E-state index < -0.39 is 0 Å². The Kier molecular flexibility index (Phi) is 17.6. The summed E-state index contributed by atoms with van der Waals surface area (Å²) in [7, 11) is 0. The molecule has 3 aromatic heterocycles. The van der Waals surface area contributed by atoms with Gasteiger partial charge >= 0.3 is 0 Å². The third-order valence-corrected chi connectivity index (χ3v) is 15.0. The number of aromatic nitrogens is 6. The van der Waals surface area contributed by atoms with Crippen LogP contribution in [0, 0.1) is 20.8 Å². The molecule has 6 aromatic carbocycles. The number of hydrogen-bond donors (Lipinski definition) is 8. The van der Waals surface area contributed by atoms with Crippen LogP contribution in [0.5, 0.6) is 0 Å². The molecular formula is C66H64N12O9. The summed E-state index contributed by atoms with van der Waals surface area (Å²) in [5, 5.41) is 40.4. The number of benzene rings is 6. The summed E-state index contributed by atoms with van der Waals surface area (Å²) in [6.45, 7) is 5.38. The molecule has 0 atom stereocenters. The summed E-state index contributed by atoms with van der Waals surface area (Å²) in [4.78, 5) is 86.8. The average Bonchev–Trinajstić information content (AvgIpc) is 3.36. The second kappa shape index (κ2) is 25.7. The summed E-state index contributed by atoms with van der Waals surface area (Å²) >= 11 is 0. The van der Waals surface area contributed by atoms with Gasteiger partial charge in [-0.2, -0.15) is 15.3 Å². The quantitative estimate of drug-likeness (QED) is 0.0305. The minimum atomic E-state index is -0.322. The molecule has 3 aliphatic rings. The first kappa shape index (κ1) is 59.5. The van der Waals surface area contributed by atoms with E-state index in [1.807, 2.05) is 39.0 Å². The van der Waals surface area contributed by atoms with Crippen LogP contribution in [0.2, 0.25) is 0 Å². The number of rotatable bonds is 18. The second-order valence-corrected chi connectivity index (χ2v) is 21.8. The lowest BCUT2D eigenvalue weighted by atomic mass is 10.0. The molecule has 11 N–H and O–H groups in total. The molecule has 3 aliphatic carbocycles. The standard InChI is InChI=1S/2C22H22N4O3.C22H20N4O3/c3*1-13-5-6-16(22(29)25-17-7-8-17)10-19(13)26-21(23)18(11-24-26)20(28)15-4-2-3-14(9-15)12-27/h2*2-6,9-11,17,27H,7-8,12,23H2,1H3,(H,25,29);2-6,9-12,17H,7-8,23H2,1H3,(H,25,29). The van der Waals surface area contributed by atoms with Gasteiger partial charge in [0.15, 0.2) is 17.3 Å². The highest BCUT2D eigenvalue weighted by Crippen LogP contribution is 2.29. The van der Waals surface area contributed by atoms with Gasteiger partial charge in [0.1, 0.15) is 23.7 Å². The predicted molar refractivity (Wildman–Crippen MR) is 326 cm³/mol. The first-order valence-electron chi connectivity index (χ1n) is 28.3. The van der Waals surface area contributed by atoms with Crippen molar-refractivity contribution in [1.29, 1.82) is 0 Å². The maximum Gasteiger partial charge on any atom is 0.251 e. The van der Waals surface area contributed by atoms with Crippen LogP contribution in [0.1, 0.15) is 156 Å². The number of anilines is 3. The minimum Gasteiger partial charge on any atom is -0.392 e. The number of nitrogens with zero attached hydrogens (tertiary/aromatic N) is 6. The molecule has 21 heteroatoms. The van der Waals surface area contributed by atoms with E-state index in [2.05, 4.69) is 31.2 Å². The largest absolute Gasteiger partial charge is 0.392 e. The third kappa shape index (κ3) is 13.7. The lowest BCUT2D eigenvalue weighted by Gasteiger charge is -2.11. The number of nitrogens with two attached hydrogens (primary N) is 3. The summed E-state index contributed by atoms with van der Waals surface area (Å²) in [6, 6.07) is 36.7. The van der Waals surface area contributed by atoms with Crippen molar-refractivity contribution in [3.63, 3.8) is 0 Å². The number of carbonyl (C=O) groups is 7. The predicted octanol–water partition coefficient (Wildman–Crippen LogP) is 7.46. The molecule has 21 nitrogen and oxygen atoms in total. The Bertz CT molecular complexity index is 3990. The molecule has 3 saturated carbocycles. The Morgan fingerprint density at radius 2 is 0.759 bits per heavy atom. The van der Waals surface area contributed by atoms with E-state index in [0.29, 0.717) is 73.4 Å². The van der Waals surface area contributed by atoms with Crippen molar-refractivity contribution < 1.29 is 43.8 Å². The van der Waals surface area contributed by atoms with Crippen molar-refractivity contribution in [2.75, 3.05) is 17.2 Å². The Labute approximate surface area is 500 Å². The maximum atomic E-state index is 12.9. The van der Waals surface area contributed by atoms with E-state index >= 15 is 0 Å². The highest BCUT2D eigenvalue weighted by Gasteiger charge is 2.28. The van der Waals surface area contributed by atoms with Crippen molar-refractivity contribution in [3.8, 4) is 17.1 Å². The lowest BCUT2D eigenvalue weighted by molar-refractivity contribution is 0.0942. The van der Waals surface area contributed by atoms with Crippen LogP contribution in [0.25, 0.3) is 17.1 Å². The maximum absolute atomic E-state index is 12.9. The SMILES string of the molecule is Cc1ccc(C(=O)NC2CC2)cc1-n1ncc(C(=O)c2cccc(C=O)c2)c1N.Cc1ccc(C(=O)NC2CC2)cc1-n1ncc(C(=O)c2cccc(CO)c2)c1N.Cc1ccc(C(=O)NC2CC2)cc1-n1ncc(C(=O)c2cccc(CO)c2)c1N. The van der Waals surface area contributed by atoms with E-state index in [1.165, 1.54) is 38.7 Å². The molecule has 0 spiro atoms. The van der Waals surface area contributed by atoms with Crippen LogP contribution in [0.15, 0.2) is 146 Å². The lowest BCUT2D eigenvalue weighted by Crippen LogP contribution is -2.25. The molecule has 0 unspecified atom stereocenters. The highest BCUT2D eigenvalue weighted by molar-refractivity contribution is 6.13.